The summed E-state index contributed by atoms with van der Waals surface area (Å²) in [5.41, 5.74) is 7.48. The minimum atomic E-state index is -0.105. The minimum absolute atomic E-state index is 0.105. The maximum absolute atomic E-state index is 14.0. The van der Waals surface area contributed by atoms with E-state index in [-0.39, 0.29) is 26.8 Å². The Bertz CT molecular complexity index is 2130. The zero-order valence-electron chi connectivity index (χ0n) is 23.1. The van der Waals surface area contributed by atoms with E-state index < -0.39 is 0 Å². The van der Waals surface area contributed by atoms with Gasteiger partial charge in [0.05, 0.1) is 0 Å². The molecule has 6 aromatic rings. The summed E-state index contributed by atoms with van der Waals surface area (Å²) in [6.45, 7) is 2.00. The van der Waals surface area contributed by atoms with Crippen molar-refractivity contribution in [1.29, 1.82) is 0 Å². The van der Waals surface area contributed by atoms with Gasteiger partial charge in [0.15, 0.2) is 0 Å². The molecule has 1 aliphatic heterocycles. The number of nitrogens with one attached hydrogen (secondary N) is 1. The summed E-state index contributed by atoms with van der Waals surface area (Å²) in [6.07, 6.45) is 7.55. The van der Waals surface area contributed by atoms with Gasteiger partial charge in [0.2, 0.25) is 0 Å². The average Bonchev–Trinajstić information content (AvgIpc) is 3.81. The molecule has 0 amide bonds. The fourth-order valence-corrected chi connectivity index (χ4v) is 6.81. The zero-order chi connectivity index (χ0) is 28.6. The molecule has 1 unspecified atom stereocenters. The molecule has 1 N–H and O–H groups in total. The molecular weight excluding hydrogens is 635 g/mol. The summed E-state index contributed by atoms with van der Waals surface area (Å²) in [5, 5.41) is 1.69. The first-order valence-corrected chi connectivity index (χ1v) is 16.4. The zero-order valence-corrected chi connectivity index (χ0v) is 25.2. The number of rotatable bonds is 5. The van der Waals surface area contributed by atoms with Crippen molar-refractivity contribution in [3.8, 4) is 23.3 Å². The van der Waals surface area contributed by atoms with Crippen LogP contribution in [0.25, 0.3) is 39.6 Å². The summed E-state index contributed by atoms with van der Waals surface area (Å²) in [4.78, 5) is 26.7. The summed E-state index contributed by atoms with van der Waals surface area (Å²) >= 11 is 0.182. The molecule has 1 saturated heterocycles. The predicted octanol–water partition coefficient (Wildman–Crippen LogP) is 3.29. The number of benzene rings is 3. The van der Waals surface area contributed by atoms with Gasteiger partial charge in [-0.15, -0.1) is 0 Å². The molecule has 3 aromatic carbocycles. The first-order chi connectivity index (χ1) is 20.6. The molecule has 7 rings (SSSR count). The van der Waals surface area contributed by atoms with Crippen molar-refractivity contribution >= 4 is 34.0 Å². The van der Waals surface area contributed by atoms with Gasteiger partial charge in [-0.1, -0.05) is 5.92 Å². The molecule has 6 nitrogen and oxygen atoms in total. The van der Waals surface area contributed by atoms with Gasteiger partial charge in [0.1, 0.15) is 0 Å². The number of ether oxygens (including phenoxy) is 1. The third-order valence-electron chi connectivity index (χ3n) is 7.35. The van der Waals surface area contributed by atoms with E-state index in [2.05, 4.69) is 40.0 Å². The molecule has 1 atom stereocenters. The number of para-hydroxylation sites is 1. The Balaban J connectivity index is 1.37. The third kappa shape index (κ3) is 4.99. The van der Waals surface area contributed by atoms with Gasteiger partial charge in [0, 0.05) is 18.0 Å². The van der Waals surface area contributed by atoms with Gasteiger partial charge < -0.3 is 0 Å². The first kappa shape index (κ1) is 26.2. The summed E-state index contributed by atoms with van der Waals surface area (Å²) < 4.78 is 9.14. The predicted molar refractivity (Wildman–Crippen MR) is 164 cm³/mol. The molecule has 1 fully saturated rings. The Kier molecular flexibility index (Phi) is 6.84. The van der Waals surface area contributed by atoms with Crippen molar-refractivity contribution in [3.05, 3.63) is 129 Å². The maximum atomic E-state index is 14.0. The first-order valence-electron chi connectivity index (χ1n) is 13.6. The topological polar surface area (TPSA) is 72.8 Å². The molecule has 7 heteroatoms. The van der Waals surface area contributed by atoms with Crippen LogP contribution in [0.3, 0.4) is 0 Å². The monoisotopic (exact) mass is 661 g/mol. The van der Waals surface area contributed by atoms with Crippen LogP contribution in [-0.2, 0) is 0 Å². The van der Waals surface area contributed by atoms with Gasteiger partial charge in [-0.2, -0.15) is 0 Å². The van der Waals surface area contributed by atoms with E-state index in [4.69, 9.17) is 9.72 Å². The van der Waals surface area contributed by atoms with Crippen LogP contribution < -0.4 is 31.5 Å². The van der Waals surface area contributed by atoms with Crippen LogP contribution in [0.5, 0.6) is 5.75 Å². The number of hydrogen-bond donors (Lipinski definition) is 1. The third-order valence-corrected chi connectivity index (χ3v) is 9.73. The number of halogens is 1. The molecule has 1 aliphatic rings. The molecule has 3 aromatic heterocycles. The molecule has 4 heterocycles. The van der Waals surface area contributed by atoms with Crippen LogP contribution >= 0.6 is 0 Å². The van der Waals surface area contributed by atoms with Gasteiger partial charge in [0.25, 0.3) is 0 Å². The number of pyridine rings is 1. The summed E-state index contributed by atoms with van der Waals surface area (Å²) in [6, 6.07) is 23.3. The van der Waals surface area contributed by atoms with Crippen molar-refractivity contribution in [2.75, 3.05) is 11.5 Å². The van der Waals surface area contributed by atoms with E-state index in [0.717, 1.165) is 44.6 Å². The van der Waals surface area contributed by atoms with E-state index in [1.165, 1.54) is 10.1 Å². The molecule has 0 radical (unpaired) electrons. The molecule has 206 valence electrons. The molecule has 0 bridgehead atoms. The van der Waals surface area contributed by atoms with E-state index in [1.54, 1.807) is 24.1 Å². The van der Waals surface area contributed by atoms with Crippen molar-refractivity contribution < 1.29 is 25.9 Å². The Hall–Kier alpha value is -4.68. The van der Waals surface area contributed by atoms with Crippen LogP contribution in [-0.4, -0.2) is 31.1 Å². The number of aryl methyl sites for hydroxylation is 1. The number of hydrogen-bond acceptors (Lipinski definition) is 4. The molecule has 0 aliphatic carbocycles. The van der Waals surface area contributed by atoms with Crippen LogP contribution in [0, 0.1) is 18.8 Å². The van der Waals surface area contributed by atoms with Gasteiger partial charge in [-0.05, 0) is 12.1 Å². The molecular formula is C35H26IN4O2-. The Morgan fingerprint density at radius 1 is 1.00 bits per heavy atom. The fourth-order valence-electron chi connectivity index (χ4n) is 5.18. The second-order valence-electron chi connectivity index (χ2n) is 10.1. The number of aromatic amines is 1. The van der Waals surface area contributed by atoms with Gasteiger partial charge in [-0.25, -0.2) is 0 Å². The van der Waals surface area contributed by atoms with Gasteiger partial charge in [-0.3, -0.25) is 4.98 Å². The van der Waals surface area contributed by atoms with Crippen molar-refractivity contribution in [3.63, 3.8) is 0 Å². The number of fused-ring (bicyclic) bond motifs is 2. The molecule has 0 spiro atoms. The van der Waals surface area contributed by atoms with Crippen LogP contribution in [0.15, 0.2) is 90.0 Å². The van der Waals surface area contributed by atoms with Crippen LogP contribution in [0.1, 0.15) is 37.7 Å². The summed E-state index contributed by atoms with van der Waals surface area (Å²) in [7, 11) is 1.69. The quantitative estimate of drug-likeness (QED) is 0.175. The van der Waals surface area contributed by atoms with E-state index in [0.29, 0.717) is 20.7 Å². The standard InChI is InChI=1S/C35H26IN4O2/c1-22-18-23(9-10-24-6-5-17-37-21-24)11-15-32(22)40-33(38-30-8-4-3-7-27(30)35(40)41)16-13-26-28-19-25(42-2)12-14-31(28)39-34(26)29-20-36-29/h3-8,11-19,21,29,39H,20H2,1-2H3/q-1/b16-13+. The second kappa shape index (κ2) is 11.0. The number of aromatic nitrogens is 4. The average molecular weight is 662 g/mol. The van der Waals surface area contributed by atoms with E-state index >= 15 is 0 Å². The molecule has 42 heavy (non-hydrogen) atoms. The molecule has 0 saturated carbocycles. The number of alkyl halides is 2. The summed E-state index contributed by atoms with van der Waals surface area (Å²) in [5.74, 6) is 7.76. The van der Waals surface area contributed by atoms with E-state index in [9.17, 15) is 4.79 Å². The van der Waals surface area contributed by atoms with Crippen molar-refractivity contribution in [1.82, 2.24) is 19.5 Å². The van der Waals surface area contributed by atoms with Gasteiger partial charge >= 0.3 is 213 Å². The fraction of sp³-hybridized carbons (Fsp3) is 0.114. The SMILES string of the molecule is COc1ccc2[nH]c(C3C[I-]3)c(/C=C/c3nc4ccccc4c(=O)n3-c3ccc(C#Cc4cccnc4)cc3C)c2c1. The number of H-pyrrole nitrogens is 1. The van der Waals surface area contributed by atoms with Crippen molar-refractivity contribution in [2.45, 2.75) is 10.8 Å². The Morgan fingerprint density at radius 3 is 2.64 bits per heavy atom. The van der Waals surface area contributed by atoms with E-state index in [1.807, 2.05) is 73.7 Å². The Morgan fingerprint density at radius 2 is 1.86 bits per heavy atom. The van der Waals surface area contributed by atoms with Crippen molar-refractivity contribution in [2.24, 2.45) is 0 Å². The number of methoxy groups -OCH3 is 1. The van der Waals surface area contributed by atoms with Crippen LogP contribution in [0.4, 0.5) is 0 Å². The van der Waals surface area contributed by atoms with Crippen LogP contribution in [0.2, 0.25) is 0 Å². The Labute approximate surface area is 253 Å². The number of nitrogens with zero attached hydrogens (tertiary/aromatic N) is 3. The normalized spacial score (nSPS) is 14.5. The second-order valence-corrected chi connectivity index (χ2v) is 13.4.